The summed E-state index contributed by atoms with van der Waals surface area (Å²) in [6.07, 6.45) is 1.66. The van der Waals surface area contributed by atoms with Gasteiger partial charge in [0.15, 0.2) is 0 Å². The number of aromatic amines is 1. The second kappa shape index (κ2) is 6.64. The Morgan fingerprint density at radius 2 is 1.90 bits per heavy atom. The third-order valence-corrected chi connectivity index (χ3v) is 5.23. The number of aromatic nitrogens is 4. The van der Waals surface area contributed by atoms with Crippen LogP contribution < -0.4 is 5.69 Å². The Morgan fingerprint density at radius 1 is 1.10 bits per heavy atom. The summed E-state index contributed by atoms with van der Waals surface area (Å²) in [5.74, 6) is 1.70. The van der Waals surface area contributed by atoms with Crippen molar-refractivity contribution in [2.24, 2.45) is 14.1 Å². The lowest BCUT2D eigenvalue weighted by Gasteiger charge is -2.00. The fourth-order valence-corrected chi connectivity index (χ4v) is 3.62. The van der Waals surface area contributed by atoms with E-state index in [2.05, 4.69) is 16.0 Å². The highest BCUT2D eigenvalue weighted by molar-refractivity contribution is 5.90. The highest BCUT2D eigenvalue weighted by Gasteiger charge is 2.12. The molecule has 1 N–H and O–H groups in total. The summed E-state index contributed by atoms with van der Waals surface area (Å²) >= 11 is 0. The smallest absolute Gasteiger partial charge is 0.328 e. The first-order chi connectivity index (χ1) is 14.5. The number of nitrogens with one attached hydrogen (secondary N) is 1. The van der Waals surface area contributed by atoms with Gasteiger partial charge in [-0.1, -0.05) is 12.1 Å². The van der Waals surface area contributed by atoms with Crippen molar-refractivity contribution >= 4 is 33.7 Å². The van der Waals surface area contributed by atoms with E-state index in [1.165, 1.54) is 0 Å². The molecular weight excluding hydrogens is 378 g/mol. The lowest BCUT2D eigenvalue weighted by atomic mass is 10.1. The number of hydrogen-bond acceptors (Lipinski definition) is 4. The normalized spacial score (nSPS) is 12.0. The van der Waals surface area contributed by atoms with Crippen LogP contribution in [0.15, 0.2) is 63.8 Å². The number of hydrogen-bond donors (Lipinski definition) is 1. The van der Waals surface area contributed by atoms with Crippen LogP contribution in [-0.4, -0.2) is 19.1 Å². The maximum absolute atomic E-state index is 12.1. The van der Waals surface area contributed by atoms with Crippen molar-refractivity contribution in [3.63, 3.8) is 0 Å². The summed E-state index contributed by atoms with van der Waals surface area (Å²) in [6, 6.07) is 19.2. The van der Waals surface area contributed by atoms with E-state index in [0.717, 1.165) is 27.6 Å². The number of nitrogens with zero attached hydrogens (tertiary/aromatic N) is 4. The van der Waals surface area contributed by atoms with Crippen molar-refractivity contribution in [2.45, 2.75) is 0 Å². The standard InChI is InChI=1S/C23H17N5O2/c1-27-19-9-7-14(12-20(19)28(2)23(27)29)21-10-8-16(30-21)11-15(13-24)22-25-17-5-3-4-6-18(17)26-22/h3-12H,1-2H3,(H,25,26). The lowest BCUT2D eigenvalue weighted by molar-refractivity contribution is 0.572. The Labute approximate surface area is 171 Å². The molecule has 3 aromatic heterocycles. The molecule has 0 unspecified atom stereocenters. The molecule has 0 bridgehead atoms. The number of allylic oxidation sites excluding steroid dienone is 1. The molecule has 7 nitrogen and oxygen atoms in total. The molecule has 0 fully saturated rings. The fraction of sp³-hybridized carbons (Fsp3) is 0.0870. The molecule has 5 rings (SSSR count). The van der Waals surface area contributed by atoms with Crippen LogP contribution in [0.1, 0.15) is 11.6 Å². The van der Waals surface area contributed by atoms with Gasteiger partial charge in [-0.2, -0.15) is 5.26 Å². The third-order valence-electron chi connectivity index (χ3n) is 5.23. The number of imidazole rings is 2. The van der Waals surface area contributed by atoms with Gasteiger partial charge in [0, 0.05) is 25.7 Å². The number of nitriles is 1. The Hall–Kier alpha value is -4.31. The van der Waals surface area contributed by atoms with Gasteiger partial charge in [0.2, 0.25) is 0 Å². The van der Waals surface area contributed by atoms with E-state index < -0.39 is 0 Å². The number of furan rings is 1. The number of rotatable bonds is 3. The van der Waals surface area contributed by atoms with Crippen molar-refractivity contribution in [3.05, 3.63) is 76.7 Å². The molecule has 0 spiro atoms. The molecule has 0 aliphatic heterocycles. The minimum absolute atomic E-state index is 0.0743. The Bertz CT molecular complexity index is 1520. The average Bonchev–Trinajstić information content (AvgIpc) is 3.46. The quantitative estimate of drug-likeness (QED) is 0.466. The summed E-state index contributed by atoms with van der Waals surface area (Å²) < 4.78 is 9.18. The molecule has 0 aliphatic rings. The van der Waals surface area contributed by atoms with Gasteiger partial charge in [-0.25, -0.2) is 9.78 Å². The molecule has 0 saturated carbocycles. The van der Waals surface area contributed by atoms with Crippen molar-refractivity contribution in [1.29, 1.82) is 5.26 Å². The molecule has 0 amide bonds. The molecule has 0 atom stereocenters. The first-order valence-corrected chi connectivity index (χ1v) is 9.38. The van der Waals surface area contributed by atoms with Crippen molar-refractivity contribution < 1.29 is 4.42 Å². The molecule has 2 aromatic carbocycles. The van der Waals surface area contributed by atoms with Gasteiger partial charge in [0.05, 0.1) is 27.6 Å². The highest BCUT2D eigenvalue weighted by atomic mass is 16.3. The molecule has 0 aliphatic carbocycles. The van der Waals surface area contributed by atoms with Crippen LogP contribution in [0.25, 0.3) is 45.0 Å². The monoisotopic (exact) mass is 395 g/mol. The number of aryl methyl sites for hydroxylation is 2. The van der Waals surface area contributed by atoms with Crippen LogP contribution in [0.5, 0.6) is 0 Å². The zero-order valence-corrected chi connectivity index (χ0v) is 16.4. The molecule has 7 heteroatoms. The van der Waals surface area contributed by atoms with Crippen molar-refractivity contribution in [2.75, 3.05) is 0 Å². The topological polar surface area (TPSA) is 92.5 Å². The highest BCUT2D eigenvalue weighted by Crippen LogP contribution is 2.27. The number of para-hydroxylation sites is 2. The van der Waals surface area contributed by atoms with E-state index in [-0.39, 0.29) is 5.69 Å². The van der Waals surface area contributed by atoms with Gasteiger partial charge in [0.1, 0.15) is 23.4 Å². The predicted molar refractivity (Wildman–Crippen MR) is 115 cm³/mol. The largest absolute Gasteiger partial charge is 0.457 e. The first kappa shape index (κ1) is 17.8. The van der Waals surface area contributed by atoms with E-state index in [9.17, 15) is 10.1 Å². The number of fused-ring (bicyclic) bond motifs is 2. The van der Waals surface area contributed by atoms with E-state index in [4.69, 9.17) is 4.42 Å². The van der Waals surface area contributed by atoms with E-state index in [1.807, 2.05) is 54.6 Å². The Balaban J connectivity index is 1.53. The van der Waals surface area contributed by atoms with Crippen LogP contribution in [0.2, 0.25) is 0 Å². The molecule has 146 valence electrons. The van der Waals surface area contributed by atoms with Crippen LogP contribution in [-0.2, 0) is 14.1 Å². The molecule has 30 heavy (non-hydrogen) atoms. The lowest BCUT2D eigenvalue weighted by Crippen LogP contribution is -2.19. The maximum Gasteiger partial charge on any atom is 0.328 e. The van der Waals surface area contributed by atoms with E-state index in [0.29, 0.717) is 22.9 Å². The minimum Gasteiger partial charge on any atom is -0.457 e. The number of benzene rings is 2. The summed E-state index contributed by atoms with van der Waals surface area (Å²) in [5.41, 5.74) is 4.52. The van der Waals surface area contributed by atoms with Crippen LogP contribution >= 0.6 is 0 Å². The van der Waals surface area contributed by atoms with Gasteiger partial charge in [-0.05, 0) is 42.5 Å². The van der Waals surface area contributed by atoms with Crippen LogP contribution in [0, 0.1) is 11.3 Å². The van der Waals surface area contributed by atoms with E-state index >= 15 is 0 Å². The van der Waals surface area contributed by atoms with Crippen LogP contribution in [0.3, 0.4) is 0 Å². The SMILES string of the molecule is Cn1c(=O)n(C)c2cc(-c3ccc(C=C(C#N)c4nc5ccccc5[nH]4)o3)ccc21. The Kier molecular flexibility index (Phi) is 3.93. The summed E-state index contributed by atoms with van der Waals surface area (Å²) in [4.78, 5) is 19.8. The van der Waals surface area contributed by atoms with Crippen LogP contribution in [0.4, 0.5) is 0 Å². The van der Waals surface area contributed by atoms with Crippen molar-refractivity contribution in [3.8, 4) is 17.4 Å². The second-order valence-corrected chi connectivity index (χ2v) is 7.08. The maximum atomic E-state index is 12.1. The zero-order valence-electron chi connectivity index (χ0n) is 16.4. The molecule has 5 aromatic rings. The summed E-state index contributed by atoms with van der Waals surface area (Å²) in [5, 5.41) is 9.61. The average molecular weight is 395 g/mol. The van der Waals surface area contributed by atoms with Gasteiger partial charge in [0.25, 0.3) is 0 Å². The van der Waals surface area contributed by atoms with Gasteiger partial charge < -0.3 is 9.40 Å². The molecule has 0 radical (unpaired) electrons. The summed E-state index contributed by atoms with van der Waals surface area (Å²) in [6.45, 7) is 0. The second-order valence-electron chi connectivity index (χ2n) is 7.08. The predicted octanol–water partition coefficient (Wildman–Crippen LogP) is 4.08. The van der Waals surface area contributed by atoms with Gasteiger partial charge >= 0.3 is 5.69 Å². The van der Waals surface area contributed by atoms with Gasteiger partial charge in [-0.3, -0.25) is 9.13 Å². The number of H-pyrrole nitrogens is 1. The summed E-state index contributed by atoms with van der Waals surface area (Å²) in [7, 11) is 3.50. The van der Waals surface area contributed by atoms with E-state index in [1.54, 1.807) is 29.3 Å². The van der Waals surface area contributed by atoms with Gasteiger partial charge in [-0.15, -0.1) is 0 Å². The molecular formula is C23H17N5O2. The fourth-order valence-electron chi connectivity index (χ4n) is 3.62. The third kappa shape index (κ3) is 2.74. The Morgan fingerprint density at radius 3 is 2.70 bits per heavy atom. The minimum atomic E-state index is -0.0743. The first-order valence-electron chi connectivity index (χ1n) is 9.38. The van der Waals surface area contributed by atoms with Crippen molar-refractivity contribution in [1.82, 2.24) is 19.1 Å². The molecule has 3 heterocycles. The zero-order chi connectivity index (χ0) is 20.8. The molecule has 0 saturated heterocycles.